The predicted molar refractivity (Wildman–Crippen MR) is 102 cm³/mol. The molecule has 0 spiro atoms. The molecule has 134 valence electrons. The van der Waals surface area contributed by atoms with E-state index >= 15 is 0 Å². The van der Waals surface area contributed by atoms with Crippen LogP contribution in [0.15, 0.2) is 47.6 Å². The maximum Gasteiger partial charge on any atom is 0.248 e. The molecule has 2 amide bonds. The number of carbonyl (C=O) groups is 2. The molecule has 0 radical (unpaired) electrons. The molecule has 0 unspecified atom stereocenters. The molecule has 0 aliphatic heterocycles. The number of imidazole rings is 1. The predicted octanol–water partition coefficient (Wildman–Crippen LogP) is 2.79. The van der Waals surface area contributed by atoms with Crippen molar-refractivity contribution in [2.45, 2.75) is 17.3 Å². The van der Waals surface area contributed by atoms with Crippen LogP contribution in [0, 0.1) is 0 Å². The van der Waals surface area contributed by atoms with E-state index in [0.29, 0.717) is 16.4 Å². The van der Waals surface area contributed by atoms with Gasteiger partial charge in [0.1, 0.15) is 5.75 Å². The fourth-order valence-electron chi connectivity index (χ4n) is 2.33. The van der Waals surface area contributed by atoms with Crippen LogP contribution < -0.4 is 15.8 Å². The van der Waals surface area contributed by atoms with Gasteiger partial charge in [-0.15, -0.1) is 0 Å². The lowest BCUT2D eigenvalue weighted by Crippen LogP contribution is -2.22. The number of hydrogen-bond donors (Lipinski definition) is 3. The van der Waals surface area contributed by atoms with Crippen LogP contribution >= 0.6 is 11.8 Å². The van der Waals surface area contributed by atoms with Gasteiger partial charge >= 0.3 is 0 Å². The summed E-state index contributed by atoms with van der Waals surface area (Å²) < 4.78 is 5.19. The second kappa shape index (κ2) is 7.49. The first kappa shape index (κ1) is 17.8. The van der Waals surface area contributed by atoms with Crippen molar-refractivity contribution in [2.75, 3.05) is 12.4 Å². The van der Waals surface area contributed by atoms with Crippen LogP contribution in [0.1, 0.15) is 17.3 Å². The van der Waals surface area contributed by atoms with E-state index in [4.69, 9.17) is 10.5 Å². The summed E-state index contributed by atoms with van der Waals surface area (Å²) in [5.74, 6) is 0.0658. The zero-order valence-corrected chi connectivity index (χ0v) is 15.1. The maximum absolute atomic E-state index is 12.4. The number of hydrogen-bond acceptors (Lipinski definition) is 5. The number of ether oxygens (including phenoxy) is 1. The van der Waals surface area contributed by atoms with E-state index in [1.54, 1.807) is 38.3 Å². The van der Waals surface area contributed by atoms with E-state index in [2.05, 4.69) is 15.3 Å². The Morgan fingerprint density at radius 3 is 2.62 bits per heavy atom. The number of amides is 2. The molecular weight excluding hydrogens is 352 g/mol. The van der Waals surface area contributed by atoms with E-state index in [1.165, 1.54) is 11.8 Å². The molecule has 1 heterocycles. The summed E-state index contributed by atoms with van der Waals surface area (Å²) >= 11 is 1.32. The smallest absolute Gasteiger partial charge is 0.248 e. The fourth-order valence-corrected chi connectivity index (χ4v) is 3.15. The second-order valence-electron chi connectivity index (χ2n) is 5.62. The molecule has 2 aromatic carbocycles. The third kappa shape index (κ3) is 3.97. The number of nitrogens with zero attached hydrogens (tertiary/aromatic N) is 1. The Morgan fingerprint density at radius 1 is 1.23 bits per heavy atom. The largest absolute Gasteiger partial charge is 0.497 e. The molecule has 0 saturated carbocycles. The highest BCUT2D eigenvalue weighted by atomic mass is 32.2. The van der Waals surface area contributed by atoms with Gasteiger partial charge in [0, 0.05) is 17.3 Å². The van der Waals surface area contributed by atoms with Crippen LogP contribution in [0.3, 0.4) is 0 Å². The zero-order valence-electron chi connectivity index (χ0n) is 14.3. The number of nitrogens with two attached hydrogens (primary N) is 1. The first-order chi connectivity index (χ1) is 12.5. The third-order valence-electron chi connectivity index (χ3n) is 3.76. The number of primary amides is 1. The molecule has 8 heteroatoms. The molecule has 0 fully saturated rings. The van der Waals surface area contributed by atoms with Gasteiger partial charge in [-0.1, -0.05) is 11.8 Å². The normalized spacial score (nSPS) is 11.9. The Labute approximate surface area is 154 Å². The molecule has 0 saturated heterocycles. The lowest BCUT2D eigenvalue weighted by atomic mass is 10.2. The van der Waals surface area contributed by atoms with Crippen molar-refractivity contribution in [3.8, 4) is 5.75 Å². The second-order valence-corrected chi connectivity index (χ2v) is 6.95. The van der Waals surface area contributed by atoms with Gasteiger partial charge in [-0.25, -0.2) is 4.98 Å². The topological polar surface area (TPSA) is 110 Å². The summed E-state index contributed by atoms with van der Waals surface area (Å²) in [5.41, 5.74) is 7.85. The Bertz CT molecular complexity index is 953. The summed E-state index contributed by atoms with van der Waals surface area (Å²) in [7, 11) is 1.61. The zero-order chi connectivity index (χ0) is 18.7. The number of aromatic nitrogens is 2. The molecule has 7 nitrogen and oxygen atoms in total. The van der Waals surface area contributed by atoms with Gasteiger partial charge in [0.2, 0.25) is 11.8 Å². The van der Waals surface area contributed by atoms with Gasteiger partial charge in [0.15, 0.2) is 5.16 Å². The summed E-state index contributed by atoms with van der Waals surface area (Å²) in [6, 6.07) is 12.0. The van der Waals surface area contributed by atoms with Gasteiger partial charge in [-0.3, -0.25) is 9.59 Å². The first-order valence-electron chi connectivity index (χ1n) is 7.87. The third-order valence-corrected chi connectivity index (χ3v) is 4.75. The van der Waals surface area contributed by atoms with Crippen LogP contribution in [-0.4, -0.2) is 34.1 Å². The quantitative estimate of drug-likeness (QED) is 0.578. The lowest BCUT2D eigenvalue weighted by molar-refractivity contribution is -0.115. The number of rotatable bonds is 6. The molecule has 1 atom stereocenters. The highest BCUT2D eigenvalue weighted by molar-refractivity contribution is 8.00. The van der Waals surface area contributed by atoms with Crippen LogP contribution in [0.5, 0.6) is 5.75 Å². The molecule has 26 heavy (non-hydrogen) atoms. The highest BCUT2D eigenvalue weighted by Crippen LogP contribution is 2.26. The molecular formula is C18H18N4O3S. The minimum atomic E-state index is -0.506. The summed E-state index contributed by atoms with van der Waals surface area (Å²) in [6.45, 7) is 1.80. The van der Waals surface area contributed by atoms with E-state index in [9.17, 15) is 9.59 Å². The van der Waals surface area contributed by atoms with Gasteiger partial charge < -0.3 is 20.8 Å². The highest BCUT2D eigenvalue weighted by Gasteiger charge is 2.17. The summed E-state index contributed by atoms with van der Waals surface area (Å²) in [6.07, 6.45) is 0. The van der Waals surface area contributed by atoms with E-state index < -0.39 is 5.91 Å². The maximum atomic E-state index is 12.4. The number of carbonyl (C=O) groups excluding carboxylic acids is 2. The Hall–Kier alpha value is -3.00. The SMILES string of the molecule is COc1ccc2nc(S[C@H](C)C(=O)Nc3ccc(C(N)=O)cc3)[nH]c2c1. The van der Waals surface area contributed by atoms with E-state index in [0.717, 1.165) is 16.8 Å². The Balaban J connectivity index is 1.66. The number of benzene rings is 2. The molecule has 3 rings (SSSR count). The number of thioether (sulfide) groups is 1. The van der Waals surface area contributed by atoms with Crippen LogP contribution in [-0.2, 0) is 4.79 Å². The molecule has 0 aliphatic rings. The van der Waals surface area contributed by atoms with Crippen molar-refractivity contribution in [3.63, 3.8) is 0 Å². The average molecular weight is 370 g/mol. The molecule has 1 aromatic heterocycles. The van der Waals surface area contributed by atoms with Gasteiger partial charge in [-0.2, -0.15) is 0 Å². The number of nitrogens with one attached hydrogen (secondary N) is 2. The fraction of sp³-hybridized carbons (Fsp3) is 0.167. The Morgan fingerprint density at radius 2 is 1.96 bits per heavy atom. The van der Waals surface area contributed by atoms with Crippen molar-refractivity contribution in [2.24, 2.45) is 5.73 Å². The molecule has 0 bridgehead atoms. The monoisotopic (exact) mass is 370 g/mol. The molecule has 4 N–H and O–H groups in total. The van der Waals surface area contributed by atoms with E-state index in [1.807, 2.05) is 18.2 Å². The van der Waals surface area contributed by atoms with Crippen LogP contribution in [0.2, 0.25) is 0 Å². The van der Waals surface area contributed by atoms with Crippen LogP contribution in [0.25, 0.3) is 11.0 Å². The average Bonchev–Trinajstić information content (AvgIpc) is 3.03. The number of aromatic amines is 1. The van der Waals surface area contributed by atoms with Crippen LogP contribution in [0.4, 0.5) is 5.69 Å². The van der Waals surface area contributed by atoms with Crippen molar-refractivity contribution in [3.05, 3.63) is 48.0 Å². The first-order valence-corrected chi connectivity index (χ1v) is 8.75. The number of anilines is 1. The standard InChI is InChI=1S/C18H18N4O3S/c1-10(17(24)20-12-5-3-11(4-6-12)16(19)23)26-18-21-14-8-7-13(25-2)9-15(14)22-18/h3-10H,1-2H3,(H2,19,23)(H,20,24)(H,21,22)/t10-/m1/s1. The minimum Gasteiger partial charge on any atom is -0.497 e. The van der Waals surface area contributed by atoms with Gasteiger partial charge in [0.05, 0.1) is 23.4 Å². The number of fused-ring (bicyclic) bond motifs is 1. The minimum absolute atomic E-state index is 0.167. The molecule has 3 aromatic rings. The molecule has 0 aliphatic carbocycles. The van der Waals surface area contributed by atoms with Crippen molar-refractivity contribution in [1.29, 1.82) is 0 Å². The van der Waals surface area contributed by atoms with E-state index in [-0.39, 0.29) is 11.2 Å². The number of H-pyrrole nitrogens is 1. The summed E-state index contributed by atoms with van der Waals surface area (Å²) in [5, 5.41) is 3.09. The number of methoxy groups -OCH3 is 1. The summed E-state index contributed by atoms with van der Waals surface area (Å²) in [4.78, 5) is 31.1. The van der Waals surface area contributed by atoms with Crippen molar-refractivity contribution in [1.82, 2.24) is 9.97 Å². The van der Waals surface area contributed by atoms with Crippen molar-refractivity contribution < 1.29 is 14.3 Å². The van der Waals surface area contributed by atoms with Gasteiger partial charge in [-0.05, 0) is 43.3 Å². The lowest BCUT2D eigenvalue weighted by Gasteiger charge is -2.10. The Kier molecular flexibility index (Phi) is 5.13. The van der Waals surface area contributed by atoms with Crippen molar-refractivity contribution >= 4 is 40.3 Å². The van der Waals surface area contributed by atoms with Gasteiger partial charge in [0.25, 0.3) is 0 Å².